The molecule has 308 valence electrons. The van der Waals surface area contributed by atoms with Gasteiger partial charge in [-0.05, 0) is 44.2 Å². The summed E-state index contributed by atoms with van der Waals surface area (Å²) in [5.41, 5.74) is 7.87. The van der Waals surface area contributed by atoms with Gasteiger partial charge in [0.25, 0.3) is 5.91 Å². The summed E-state index contributed by atoms with van der Waals surface area (Å²) in [6.45, 7) is 7.96. The number of aliphatic hydroxyl groups excluding tert-OH is 1. The highest BCUT2D eigenvalue weighted by Crippen LogP contribution is 2.29. The van der Waals surface area contributed by atoms with Gasteiger partial charge in [0.2, 0.25) is 11.6 Å². The van der Waals surface area contributed by atoms with Gasteiger partial charge >= 0.3 is 6.09 Å². The Balaban J connectivity index is 1.53. The fourth-order valence-corrected chi connectivity index (χ4v) is 6.69. The van der Waals surface area contributed by atoms with Crippen molar-refractivity contribution < 1.29 is 48.0 Å². The number of Topliss-reactive ketones (excluding diaryl/α,β-unsaturated/α-hetero) is 1. The number of methoxy groups -OCH3 is 3. The van der Waals surface area contributed by atoms with E-state index in [-0.39, 0.29) is 54.6 Å². The van der Waals surface area contributed by atoms with Crippen molar-refractivity contribution in [2.24, 2.45) is 17.6 Å². The molecule has 1 aromatic carbocycles. The van der Waals surface area contributed by atoms with Crippen LogP contribution in [0.5, 0.6) is 5.75 Å². The van der Waals surface area contributed by atoms with Crippen LogP contribution in [0.1, 0.15) is 51.8 Å². The topological polar surface area (TPSA) is 215 Å². The van der Waals surface area contributed by atoms with Crippen LogP contribution in [0.15, 0.2) is 89.0 Å². The minimum atomic E-state index is -1.01. The van der Waals surface area contributed by atoms with E-state index in [4.69, 9.17) is 29.4 Å². The predicted octanol–water partition coefficient (Wildman–Crippen LogP) is 3.22. The maximum Gasteiger partial charge on any atom is 0.405 e. The summed E-state index contributed by atoms with van der Waals surface area (Å²) in [4.78, 5) is 52.7. The van der Waals surface area contributed by atoms with Crippen molar-refractivity contribution in [2.45, 2.75) is 78.1 Å². The summed E-state index contributed by atoms with van der Waals surface area (Å²) in [5.74, 6) is -1.61. The first-order valence-electron chi connectivity index (χ1n) is 18.7. The first-order valence-corrected chi connectivity index (χ1v) is 18.7. The largest absolute Gasteiger partial charge is 0.496 e. The molecule has 5 N–H and O–H groups in total. The molecule has 16 nitrogen and oxygen atoms in total. The van der Waals surface area contributed by atoms with Crippen LogP contribution < -0.4 is 21.1 Å². The van der Waals surface area contributed by atoms with Gasteiger partial charge in [-0.2, -0.15) is 0 Å². The monoisotopic (exact) mass is 790 g/mol. The van der Waals surface area contributed by atoms with Gasteiger partial charge in [-0.15, -0.1) is 5.10 Å². The van der Waals surface area contributed by atoms with Crippen LogP contribution in [0.2, 0.25) is 0 Å². The quantitative estimate of drug-likeness (QED) is 0.138. The average Bonchev–Trinajstić information content (AvgIpc) is 3.63. The molecular formula is C41H54N6O10. The fourth-order valence-electron chi connectivity index (χ4n) is 6.69. The maximum absolute atomic E-state index is 14.0. The molecule has 2 heterocycles. The third kappa shape index (κ3) is 12.3. The number of primary amides is 1. The van der Waals surface area contributed by atoms with Gasteiger partial charge in [0.15, 0.2) is 6.10 Å². The molecule has 2 aliphatic rings. The molecule has 2 aromatic rings. The van der Waals surface area contributed by atoms with Crippen molar-refractivity contribution in [3.8, 4) is 5.75 Å². The number of ether oxygens (including phenoxy) is 5. The first-order chi connectivity index (χ1) is 27.3. The highest BCUT2D eigenvalue weighted by molar-refractivity contribution is 6.23. The number of rotatable bonds is 12. The molecule has 0 saturated carbocycles. The number of nitrogens with zero attached hydrogens (tertiary/aromatic N) is 3. The normalized spacial score (nSPS) is 26.4. The van der Waals surface area contributed by atoms with Crippen molar-refractivity contribution in [1.82, 2.24) is 25.6 Å². The number of allylic oxidation sites excluding steroid dienone is 4. The van der Waals surface area contributed by atoms with E-state index in [1.165, 1.54) is 20.3 Å². The highest BCUT2D eigenvalue weighted by Gasteiger charge is 2.33. The van der Waals surface area contributed by atoms with Crippen molar-refractivity contribution in [2.75, 3.05) is 34.5 Å². The number of hydrogen-bond acceptors (Lipinski definition) is 13. The number of fused-ring (bicyclic) bond motifs is 2. The molecule has 1 aliphatic heterocycles. The molecule has 4 rings (SSSR count). The third-order valence-electron chi connectivity index (χ3n) is 9.70. The Labute approximate surface area is 332 Å². The lowest BCUT2D eigenvalue weighted by Crippen LogP contribution is -2.38. The second kappa shape index (κ2) is 21.2. The SMILES string of the molecule is COc1ccccc1Cn1cc(COCCNC2=C3C[C@@H](C)C[C@H](OC)[C@H](O)[C@@H](C)/C=C(\C)[C@H](OC(N)=O)[C@@H](OC)/C=C\C=C(/C)C(=O)NC(=CC2=O)C3=O)nn1. The van der Waals surface area contributed by atoms with E-state index in [1.54, 1.807) is 57.0 Å². The number of para-hydroxylation sites is 1. The van der Waals surface area contributed by atoms with E-state index in [1.807, 2.05) is 31.2 Å². The number of nitrogens with two attached hydrogens (primary N) is 1. The Morgan fingerprint density at radius 1 is 1.11 bits per heavy atom. The molecule has 0 radical (unpaired) electrons. The smallest absolute Gasteiger partial charge is 0.405 e. The van der Waals surface area contributed by atoms with Crippen molar-refractivity contribution in [1.29, 1.82) is 0 Å². The standard InChI is InChI=1S/C41H54N6O10/c1-24-17-30-36(43-15-16-56-23-29-22-47(46-45-29)21-28-12-8-9-13-33(28)53-5)32(48)20-31(38(30)50)44-40(51)25(2)11-10-14-34(54-6)39(57-41(42)52)27(4)19-26(3)37(49)35(18-24)55-7/h8-14,19-20,22,24,26,34-35,37,39,43,49H,15-18,21,23H2,1-7H3,(H2,42,52)(H,44,51)/b14-10-,25-11+,27-19+/t24-,26+,34+,35+,37-,39+/m1/s1. The van der Waals surface area contributed by atoms with Gasteiger partial charge in [-0.1, -0.05) is 61.6 Å². The van der Waals surface area contributed by atoms with Crippen LogP contribution in [0.25, 0.3) is 0 Å². The van der Waals surface area contributed by atoms with Gasteiger partial charge in [0.1, 0.15) is 17.5 Å². The summed E-state index contributed by atoms with van der Waals surface area (Å²) in [6, 6.07) is 7.64. The predicted molar refractivity (Wildman–Crippen MR) is 209 cm³/mol. The van der Waals surface area contributed by atoms with E-state index in [9.17, 15) is 24.3 Å². The molecule has 1 aliphatic carbocycles. The summed E-state index contributed by atoms with van der Waals surface area (Å²) in [6.07, 6.45) is 5.27. The number of carbonyl (C=O) groups is 4. The third-order valence-corrected chi connectivity index (χ3v) is 9.70. The van der Waals surface area contributed by atoms with Crippen LogP contribution in [0.4, 0.5) is 4.79 Å². The maximum atomic E-state index is 14.0. The number of aromatic nitrogens is 3. The van der Waals surface area contributed by atoms with E-state index in [2.05, 4.69) is 20.9 Å². The molecule has 0 fully saturated rings. The Kier molecular flexibility index (Phi) is 16.5. The number of hydrogen-bond donors (Lipinski definition) is 4. The molecule has 6 atom stereocenters. The Morgan fingerprint density at radius 2 is 1.86 bits per heavy atom. The second-order valence-electron chi connectivity index (χ2n) is 14.1. The van der Waals surface area contributed by atoms with Crippen molar-refractivity contribution >= 4 is 23.6 Å². The van der Waals surface area contributed by atoms with Gasteiger partial charge in [0, 0.05) is 49.5 Å². The van der Waals surface area contributed by atoms with E-state index < -0.39 is 53.9 Å². The van der Waals surface area contributed by atoms with Gasteiger partial charge < -0.3 is 45.2 Å². The minimum absolute atomic E-state index is 0.102. The van der Waals surface area contributed by atoms with Crippen LogP contribution in [0.3, 0.4) is 0 Å². The van der Waals surface area contributed by atoms with Crippen LogP contribution >= 0.6 is 0 Å². The van der Waals surface area contributed by atoms with Crippen molar-refractivity contribution in [3.05, 3.63) is 100 Å². The van der Waals surface area contributed by atoms with Gasteiger partial charge in [-0.25, -0.2) is 9.48 Å². The fraction of sp³-hybridized carbons (Fsp3) is 0.463. The number of amides is 2. The zero-order valence-corrected chi connectivity index (χ0v) is 33.5. The average molecular weight is 791 g/mol. The van der Waals surface area contributed by atoms with Crippen LogP contribution in [-0.4, -0.2) is 103 Å². The van der Waals surface area contributed by atoms with Crippen LogP contribution in [0, 0.1) is 11.8 Å². The Hall–Kier alpha value is -5.42. The lowest BCUT2D eigenvalue weighted by atomic mass is 9.85. The van der Waals surface area contributed by atoms with E-state index in [0.717, 1.165) is 17.4 Å². The molecule has 0 unspecified atom stereocenters. The molecule has 0 saturated heterocycles. The first kappa shape index (κ1) is 44.3. The zero-order chi connectivity index (χ0) is 41.6. The summed E-state index contributed by atoms with van der Waals surface area (Å²) < 4.78 is 29.7. The molecule has 2 amide bonds. The minimum Gasteiger partial charge on any atom is -0.496 e. The summed E-state index contributed by atoms with van der Waals surface area (Å²) >= 11 is 0. The molecule has 16 heteroatoms. The van der Waals surface area contributed by atoms with E-state index >= 15 is 0 Å². The number of carbonyl (C=O) groups excluding carboxylic acids is 4. The van der Waals surface area contributed by atoms with Crippen molar-refractivity contribution in [3.63, 3.8) is 0 Å². The number of benzene rings is 1. The second-order valence-corrected chi connectivity index (χ2v) is 14.1. The highest BCUT2D eigenvalue weighted by atomic mass is 16.6. The lowest BCUT2D eigenvalue weighted by molar-refractivity contribution is -0.120. The zero-order valence-electron chi connectivity index (χ0n) is 33.5. The number of aliphatic hydroxyl groups is 1. The Morgan fingerprint density at radius 3 is 2.56 bits per heavy atom. The molecule has 57 heavy (non-hydrogen) atoms. The van der Waals surface area contributed by atoms with Gasteiger partial charge in [0.05, 0.1) is 56.7 Å². The lowest BCUT2D eigenvalue weighted by Gasteiger charge is -2.30. The van der Waals surface area contributed by atoms with Crippen LogP contribution in [-0.2, 0) is 46.5 Å². The number of ketones is 2. The summed E-state index contributed by atoms with van der Waals surface area (Å²) in [7, 11) is 4.53. The molecular weight excluding hydrogens is 736 g/mol. The molecule has 1 aromatic heterocycles. The summed E-state index contributed by atoms with van der Waals surface area (Å²) in [5, 5.41) is 25.5. The molecule has 0 spiro atoms. The number of nitrogens with one attached hydrogen (secondary N) is 2. The Bertz CT molecular complexity index is 1910. The van der Waals surface area contributed by atoms with Gasteiger partial charge in [-0.3, -0.25) is 14.4 Å². The van der Waals surface area contributed by atoms with E-state index in [0.29, 0.717) is 24.2 Å². The molecule has 2 bridgehead atoms.